The van der Waals surface area contributed by atoms with Gasteiger partial charge in [-0.3, -0.25) is 9.20 Å². The summed E-state index contributed by atoms with van der Waals surface area (Å²) in [5, 5.41) is 16.1. The van der Waals surface area contributed by atoms with Crippen LogP contribution in [0.15, 0.2) is 41.7 Å². The number of aromatic nitrogens is 5. The fourth-order valence-corrected chi connectivity index (χ4v) is 4.58. The van der Waals surface area contributed by atoms with Crippen LogP contribution in [-0.4, -0.2) is 35.5 Å². The molecule has 1 atom stereocenters. The second-order valence-electron chi connectivity index (χ2n) is 6.17. The van der Waals surface area contributed by atoms with Crippen molar-refractivity contribution in [3.63, 3.8) is 0 Å². The van der Waals surface area contributed by atoms with E-state index in [-0.39, 0.29) is 17.2 Å². The quantitative estimate of drug-likeness (QED) is 0.527. The molecule has 0 saturated carbocycles. The molecule has 0 aliphatic carbocycles. The maximum atomic E-state index is 12.6. The van der Waals surface area contributed by atoms with E-state index in [0.29, 0.717) is 5.82 Å². The van der Waals surface area contributed by atoms with Crippen molar-refractivity contribution in [3.05, 3.63) is 36.5 Å². The molecular formula is C17H18N6OS2. The minimum Gasteiger partial charge on any atom is -0.310 e. The van der Waals surface area contributed by atoms with Crippen molar-refractivity contribution in [1.29, 1.82) is 0 Å². The number of anilines is 1. The molecule has 1 amide bonds. The fourth-order valence-electron chi connectivity index (χ4n) is 2.70. The summed E-state index contributed by atoms with van der Waals surface area (Å²) in [6.07, 6.45) is 1.69. The zero-order valence-corrected chi connectivity index (χ0v) is 16.2. The molecule has 7 nitrogen and oxygen atoms in total. The summed E-state index contributed by atoms with van der Waals surface area (Å²) in [5.74, 6) is 0.610. The number of carbonyl (C=O) groups is 1. The first-order valence-electron chi connectivity index (χ1n) is 8.28. The number of thioether (sulfide) groups is 1. The van der Waals surface area contributed by atoms with Crippen molar-refractivity contribution in [2.45, 2.75) is 37.2 Å². The number of fused-ring (bicyclic) bond motifs is 3. The standard InChI is InChI=1S/C17H18N6OS2/c1-10(2)23-14(8-9-18-23)19-15(24)11(3)25-16-20-21-17-22(16)12-6-4-5-7-13(12)26-17/h4-11H,1-3H3,(H,19,24). The largest absolute Gasteiger partial charge is 0.310 e. The molecule has 3 heterocycles. The molecule has 26 heavy (non-hydrogen) atoms. The van der Waals surface area contributed by atoms with Crippen LogP contribution < -0.4 is 5.32 Å². The predicted octanol–water partition coefficient (Wildman–Crippen LogP) is 3.84. The molecule has 0 spiro atoms. The first-order chi connectivity index (χ1) is 12.5. The lowest BCUT2D eigenvalue weighted by atomic mass is 10.3. The van der Waals surface area contributed by atoms with Crippen LogP contribution in [0.3, 0.4) is 0 Å². The molecule has 0 fully saturated rings. The van der Waals surface area contributed by atoms with Crippen LogP contribution in [0.4, 0.5) is 5.82 Å². The molecule has 0 bridgehead atoms. The highest BCUT2D eigenvalue weighted by atomic mass is 32.2. The Bertz CT molecular complexity index is 1080. The van der Waals surface area contributed by atoms with Crippen molar-refractivity contribution < 1.29 is 4.79 Å². The first kappa shape index (κ1) is 17.0. The van der Waals surface area contributed by atoms with E-state index in [9.17, 15) is 4.79 Å². The molecule has 3 aromatic heterocycles. The van der Waals surface area contributed by atoms with Gasteiger partial charge < -0.3 is 5.32 Å². The number of thiazole rings is 1. The smallest absolute Gasteiger partial charge is 0.238 e. The minimum absolute atomic E-state index is 0.0892. The summed E-state index contributed by atoms with van der Waals surface area (Å²) in [4.78, 5) is 13.5. The van der Waals surface area contributed by atoms with Crippen LogP contribution in [-0.2, 0) is 4.79 Å². The van der Waals surface area contributed by atoms with Crippen LogP contribution in [0.2, 0.25) is 0 Å². The van der Waals surface area contributed by atoms with Gasteiger partial charge in [0.25, 0.3) is 0 Å². The summed E-state index contributed by atoms with van der Waals surface area (Å²) in [6, 6.07) is 10.1. The second-order valence-corrected chi connectivity index (χ2v) is 8.49. The lowest BCUT2D eigenvalue weighted by Crippen LogP contribution is -2.24. The van der Waals surface area contributed by atoms with Gasteiger partial charge in [-0.05, 0) is 32.9 Å². The van der Waals surface area contributed by atoms with Gasteiger partial charge in [-0.2, -0.15) is 5.10 Å². The van der Waals surface area contributed by atoms with Gasteiger partial charge in [0.15, 0.2) is 5.16 Å². The van der Waals surface area contributed by atoms with Crippen LogP contribution in [0, 0.1) is 0 Å². The number of hydrogen-bond donors (Lipinski definition) is 1. The Morgan fingerprint density at radius 2 is 2.00 bits per heavy atom. The van der Waals surface area contributed by atoms with Crippen molar-refractivity contribution >= 4 is 50.0 Å². The third-order valence-corrected chi connectivity index (χ3v) is 6.03. The lowest BCUT2D eigenvalue weighted by Gasteiger charge is -2.14. The van der Waals surface area contributed by atoms with Gasteiger partial charge in [0.05, 0.1) is 21.7 Å². The van der Waals surface area contributed by atoms with Gasteiger partial charge in [-0.1, -0.05) is 35.2 Å². The Labute approximate surface area is 158 Å². The van der Waals surface area contributed by atoms with Gasteiger partial charge in [0, 0.05) is 12.1 Å². The number of para-hydroxylation sites is 1. The number of hydrogen-bond acceptors (Lipinski definition) is 6. The molecule has 9 heteroatoms. The van der Waals surface area contributed by atoms with Gasteiger partial charge in [-0.25, -0.2) is 4.68 Å². The van der Waals surface area contributed by atoms with E-state index in [1.54, 1.807) is 28.3 Å². The lowest BCUT2D eigenvalue weighted by molar-refractivity contribution is -0.115. The van der Waals surface area contributed by atoms with Gasteiger partial charge in [0.2, 0.25) is 10.9 Å². The number of rotatable bonds is 5. The normalized spacial score (nSPS) is 12.9. The second kappa shape index (κ2) is 6.73. The molecule has 1 aromatic carbocycles. The first-order valence-corrected chi connectivity index (χ1v) is 9.98. The number of carbonyl (C=O) groups excluding carboxylic acids is 1. The van der Waals surface area contributed by atoms with E-state index in [0.717, 1.165) is 20.3 Å². The Hall–Kier alpha value is -2.39. The molecule has 0 aliphatic rings. The summed E-state index contributed by atoms with van der Waals surface area (Å²) in [6.45, 7) is 5.91. The molecule has 1 unspecified atom stereocenters. The summed E-state index contributed by atoms with van der Waals surface area (Å²) in [5.41, 5.74) is 1.06. The van der Waals surface area contributed by atoms with Crippen molar-refractivity contribution in [2.24, 2.45) is 0 Å². The predicted molar refractivity (Wildman–Crippen MR) is 105 cm³/mol. The number of amides is 1. The van der Waals surface area contributed by atoms with Gasteiger partial charge >= 0.3 is 0 Å². The molecule has 1 N–H and O–H groups in total. The Morgan fingerprint density at radius 1 is 1.19 bits per heavy atom. The van der Waals surface area contributed by atoms with Crippen LogP contribution in [0.25, 0.3) is 15.2 Å². The highest BCUT2D eigenvalue weighted by molar-refractivity contribution is 8.00. The molecule has 0 aliphatic heterocycles. The molecular weight excluding hydrogens is 368 g/mol. The highest BCUT2D eigenvalue weighted by Gasteiger charge is 2.21. The number of nitrogens with zero attached hydrogens (tertiary/aromatic N) is 5. The van der Waals surface area contributed by atoms with E-state index < -0.39 is 0 Å². The molecule has 0 radical (unpaired) electrons. The summed E-state index contributed by atoms with van der Waals surface area (Å²) < 4.78 is 4.95. The SMILES string of the molecule is CC(Sc1nnc2sc3ccccc3n12)C(=O)Nc1ccnn1C(C)C. The van der Waals surface area contributed by atoms with Gasteiger partial charge in [-0.15, -0.1) is 10.2 Å². The topological polar surface area (TPSA) is 77.1 Å². The van der Waals surface area contributed by atoms with E-state index in [1.165, 1.54) is 11.8 Å². The van der Waals surface area contributed by atoms with Crippen LogP contribution in [0.5, 0.6) is 0 Å². The third kappa shape index (κ3) is 2.97. The Morgan fingerprint density at radius 3 is 2.81 bits per heavy atom. The summed E-state index contributed by atoms with van der Waals surface area (Å²) >= 11 is 2.99. The van der Waals surface area contributed by atoms with E-state index in [4.69, 9.17) is 0 Å². The van der Waals surface area contributed by atoms with Crippen molar-refractivity contribution in [2.75, 3.05) is 5.32 Å². The molecule has 4 aromatic rings. The minimum atomic E-state index is -0.323. The zero-order valence-electron chi connectivity index (χ0n) is 14.6. The van der Waals surface area contributed by atoms with Gasteiger partial charge in [0.1, 0.15) is 5.82 Å². The monoisotopic (exact) mass is 386 g/mol. The van der Waals surface area contributed by atoms with E-state index in [1.807, 2.05) is 43.4 Å². The molecule has 4 rings (SSSR count). The number of benzene rings is 1. The molecule has 134 valence electrons. The maximum absolute atomic E-state index is 12.6. The van der Waals surface area contributed by atoms with Crippen molar-refractivity contribution in [3.8, 4) is 0 Å². The third-order valence-electron chi connectivity index (χ3n) is 3.97. The highest BCUT2D eigenvalue weighted by Crippen LogP contribution is 2.31. The van der Waals surface area contributed by atoms with E-state index >= 15 is 0 Å². The molecule has 0 saturated heterocycles. The van der Waals surface area contributed by atoms with E-state index in [2.05, 4.69) is 26.7 Å². The average molecular weight is 387 g/mol. The van der Waals surface area contributed by atoms with Crippen molar-refractivity contribution in [1.82, 2.24) is 24.4 Å². The Kier molecular flexibility index (Phi) is 4.41. The average Bonchev–Trinajstić information content (AvgIpc) is 3.30. The van der Waals surface area contributed by atoms with Crippen LogP contribution in [0.1, 0.15) is 26.8 Å². The number of nitrogens with one attached hydrogen (secondary N) is 1. The summed E-state index contributed by atoms with van der Waals surface area (Å²) in [7, 11) is 0. The maximum Gasteiger partial charge on any atom is 0.238 e. The fraction of sp³-hybridized carbons (Fsp3) is 0.294. The zero-order chi connectivity index (χ0) is 18.3. The van der Waals surface area contributed by atoms with Crippen LogP contribution >= 0.6 is 23.1 Å². The Balaban J connectivity index is 1.56.